The van der Waals surface area contributed by atoms with Gasteiger partial charge in [-0.1, -0.05) is 6.07 Å². The molecule has 0 saturated heterocycles. The molecule has 6 nitrogen and oxygen atoms in total. The summed E-state index contributed by atoms with van der Waals surface area (Å²) in [6.45, 7) is 1.64. The predicted octanol–water partition coefficient (Wildman–Crippen LogP) is 2.78. The van der Waals surface area contributed by atoms with Gasteiger partial charge in [-0.3, -0.25) is 0 Å². The summed E-state index contributed by atoms with van der Waals surface area (Å²) in [6, 6.07) is 5.16. The van der Waals surface area contributed by atoms with Gasteiger partial charge in [-0.25, -0.2) is 14.6 Å². The molecule has 0 aromatic carbocycles. The number of rotatable bonds is 3. The highest BCUT2D eigenvalue weighted by Gasteiger charge is 2.25. The third-order valence-corrected chi connectivity index (χ3v) is 3.83. The van der Waals surface area contributed by atoms with Crippen molar-refractivity contribution in [3.63, 3.8) is 0 Å². The SMILES string of the molecule is COC(=O)c1cc(/C=C2/N=C(c3cccs3)OC2=O)oc1C. The number of nitrogens with zero attached hydrogens (tertiary/aromatic N) is 1. The monoisotopic (exact) mass is 317 g/mol. The van der Waals surface area contributed by atoms with Gasteiger partial charge in [-0.05, 0) is 24.4 Å². The van der Waals surface area contributed by atoms with Crippen LogP contribution in [-0.4, -0.2) is 24.9 Å². The molecule has 0 fully saturated rings. The smallest absolute Gasteiger partial charge is 0.363 e. The molecule has 2 aromatic heterocycles. The minimum absolute atomic E-state index is 0.119. The first-order valence-electron chi connectivity index (χ1n) is 6.33. The van der Waals surface area contributed by atoms with Crippen molar-refractivity contribution >= 4 is 35.2 Å². The van der Waals surface area contributed by atoms with E-state index in [-0.39, 0.29) is 11.6 Å². The average Bonchev–Trinajstić information content (AvgIpc) is 3.20. The number of hydrogen-bond donors (Lipinski definition) is 0. The summed E-state index contributed by atoms with van der Waals surface area (Å²) in [4.78, 5) is 28.3. The number of thiophene rings is 1. The average molecular weight is 317 g/mol. The van der Waals surface area contributed by atoms with Gasteiger partial charge < -0.3 is 13.9 Å². The van der Waals surface area contributed by atoms with Crippen molar-refractivity contribution in [1.82, 2.24) is 0 Å². The number of carbonyl (C=O) groups excluding carboxylic acids is 2. The molecule has 0 aliphatic carbocycles. The molecular formula is C15H11NO5S. The molecule has 0 amide bonds. The van der Waals surface area contributed by atoms with Crippen LogP contribution in [0.3, 0.4) is 0 Å². The lowest BCUT2D eigenvalue weighted by molar-refractivity contribution is -0.129. The zero-order chi connectivity index (χ0) is 15.7. The summed E-state index contributed by atoms with van der Waals surface area (Å²) in [7, 11) is 1.29. The Morgan fingerprint density at radius 1 is 1.45 bits per heavy atom. The van der Waals surface area contributed by atoms with Crippen LogP contribution in [0.15, 0.2) is 38.7 Å². The quantitative estimate of drug-likeness (QED) is 0.642. The van der Waals surface area contributed by atoms with E-state index in [0.29, 0.717) is 17.1 Å². The van der Waals surface area contributed by atoms with E-state index in [1.807, 2.05) is 17.5 Å². The number of esters is 2. The van der Waals surface area contributed by atoms with Crippen molar-refractivity contribution in [1.29, 1.82) is 0 Å². The number of cyclic esters (lactones) is 1. The van der Waals surface area contributed by atoms with Crippen LogP contribution in [0.4, 0.5) is 0 Å². The highest BCUT2D eigenvalue weighted by Crippen LogP contribution is 2.23. The Bertz CT molecular complexity index is 798. The van der Waals surface area contributed by atoms with E-state index in [2.05, 4.69) is 9.73 Å². The summed E-state index contributed by atoms with van der Waals surface area (Å²) < 4.78 is 15.2. The standard InChI is InChI=1S/C15H11NO5S/c1-8-10(14(17)19-2)6-9(20-8)7-11-15(18)21-13(16-11)12-4-3-5-22-12/h3-7H,1-2H3/b11-7+. The lowest BCUT2D eigenvalue weighted by Gasteiger charge is -1.93. The molecule has 3 heterocycles. The van der Waals surface area contributed by atoms with Gasteiger partial charge in [-0.2, -0.15) is 0 Å². The van der Waals surface area contributed by atoms with Gasteiger partial charge in [0.25, 0.3) is 0 Å². The molecule has 2 aromatic rings. The van der Waals surface area contributed by atoms with Crippen LogP contribution >= 0.6 is 11.3 Å². The van der Waals surface area contributed by atoms with E-state index < -0.39 is 11.9 Å². The first kappa shape index (κ1) is 14.3. The zero-order valence-electron chi connectivity index (χ0n) is 11.8. The summed E-state index contributed by atoms with van der Waals surface area (Å²) in [5, 5.41) is 1.87. The number of aryl methyl sites for hydroxylation is 1. The lowest BCUT2D eigenvalue weighted by atomic mass is 10.2. The van der Waals surface area contributed by atoms with Gasteiger partial charge in [0.15, 0.2) is 5.70 Å². The molecule has 1 aliphatic heterocycles. The number of furan rings is 1. The summed E-state index contributed by atoms with van der Waals surface area (Å²) in [6.07, 6.45) is 1.43. The first-order chi connectivity index (χ1) is 10.6. The van der Waals surface area contributed by atoms with Crippen LogP contribution in [-0.2, 0) is 14.3 Å². The molecule has 0 saturated carbocycles. The van der Waals surface area contributed by atoms with Crippen LogP contribution < -0.4 is 0 Å². The molecule has 3 rings (SSSR count). The van der Waals surface area contributed by atoms with Crippen LogP contribution in [0.5, 0.6) is 0 Å². The molecule has 112 valence electrons. The number of hydrogen-bond acceptors (Lipinski definition) is 7. The lowest BCUT2D eigenvalue weighted by Crippen LogP contribution is -2.03. The maximum absolute atomic E-state index is 11.8. The molecule has 1 aliphatic rings. The molecule has 0 radical (unpaired) electrons. The van der Waals surface area contributed by atoms with Crippen molar-refractivity contribution in [2.24, 2.45) is 4.99 Å². The first-order valence-corrected chi connectivity index (χ1v) is 7.21. The molecule has 0 unspecified atom stereocenters. The second-order valence-corrected chi connectivity index (χ2v) is 5.37. The van der Waals surface area contributed by atoms with E-state index >= 15 is 0 Å². The van der Waals surface area contributed by atoms with E-state index in [1.54, 1.807) is 6.92 Å². The van der Waals surface area contributed by atoms with Gasteiger partial charge in [-0.15, -0.1) is 11.3 Å². The van der Waals surface area contributed by atoms with Crippen molar-refractivity contribution < 1.29 is 23.5 Å². The second-order valence-electron chi connectivity index (χ2n) is 4.42. The fourth-order valence-electron chi connectivity index (χ4n) is 1.94. The maximum atomic E-state index is 11.8. The summed E-state index contributed by atoms with van der Waals surface area (Å²) >= 11 is 1.42. The molecule has 0 atom stereocenters. The van der Waals surface area contributed by atoms with Crippen molar-refractivity contribution in [2.45, 2.75) is 6.92 Å². The Morgan fingerprint density at radius 3 is 2.95 bits per heavy atom. The van der Waals surface area contributed by atoms with Gasteiger partial charge in [0.1, 0.15) is 17.1 Å². The summed E-state index contributed by atoms with van der Waals surface area (Å²) in [5.41, 5.74) is 0.428. The Labute approximate surface area is 129 Å². The molecule has 0 N–H and O–H groups in total. The fourth-order valence-corrected chi connectivity index (χ4v) is 2.59. The molecule has 7 heteroatoms. The Balaban J connectivity index is 1.92. The minimum atomic E-state index is -0.558. The molecule has 22 heavy (non-hydrogen) atoms. The van der Waals surface area contributed by atoms with Crippen LogP contribution in [0, 0.1) is 6.92 Å². The van der Waals surface area contributed by atoms with Gasteiger partial charge in [0.2, 0.25) is 5.90 Å². The van der Waals surface area contributed by atoms with Crippen LogP contribution in [0.1, 0.15) is 26.8 Å². The van der Waals surface area contributed by atoms with Crippen molar-refractivity contribution in [3.8, 4) is 0 Å². The number of carbonyl (C=O) groups is 2. The second kappa shape index (κ2) is 5.61. The topological polar surface area (TPSA) is 78.1 Å². The van der Waals surface area contributed by atoms with E-state index in [9.17, 15) is 9.59 Å². The third-order valence-electron chi connectivity index (χ3n) is 2.97. The molecule has 0 spiro atoms. The van der Waals surface area contributed by atoms with Crippen LogP contribution in [0.2, 0.25) is 0 Å². The van der Waals surface area contributed by atoms with E-state index in [4.69, 9.17) is 9.15 Å². The van der Waals surface area contributed by atoms with E-state index in [1.165, 1.54) is 30.6 Å². The third kappa shape index (κ3) is 2.58. The zero-order valence-corrected chi connectivity index (χ0v) is 12.6. The Hall–Kier alpha value is -2.67. The summed E-state index contributed by atoms with van der Waals surface area (Å²) in [5.74, 6) is -0.0454. The normalized spacial score (nSPS) is 15.8. The van der Waals surface area contributed by atoms with E-state index in [0.717, 1.165) is 4.88 Å². The maximum Gasteiger partial charge on any atom is 0.363 e. The van der Waals surface area contributed by atoms with Crippen molar-refractivity contribution in [2.75, 3.05) is 7.11 Å². The highest BCUT2D eigenvalue weighted by molar-refractivity contribution is 7.12. The number of aliphatic imine (C=N–C) groups is 1. The minimum Gasteiger partial charge on any atom is -0.465 e. The van der Waals surface area contributed by atoms with Crippen LogP contribution in [0.25, 0.3) is 6.08 Å². The van der Waals surface area contributed by atoms with Crippen molar-refractivity contribution in [3.05, 3.63) is 51.2 Å². The Morgan fingerprint density at radius 2 is 2.27 bits per heavy atom. The largest absolute Gasteiger partial charge is 0.465 e. The fraction of sp³-hybridized carbons (Fsp3) is 0.133. The molecular weight excluding hydrogens is 306 g/mol. The number of methoxy groups -OCH3 is 1. The predicted molar refractivity (Wildman–Crippen MR) is 79.7 cm³/mol. The van der Waals surface area contributed by atoms with Gasteiger partial charge in [0, 0.05) is 6.08 Å². The van der Waals surface area contributed by atoms with Gasteiger partial charge in [0.05, 0.1) is 12.0 Å². The Kier molecular flexibility index (Phi) is 3.64. The highest BCUT2D eigenvalue weighted by atomic mass is 32.1. The molecule has 0 bridgehead atoms. The number of ether oxygens (including phenoxy) is 2. The van der Waals surface area contributed by atoms with Gasteiger partial charge >= 0.3 is 11.9 Å².